The Balaban J connectivity index is 2.62. The highest BCUT2D eigenvalue weighted by Crippen LogP contribution is 2.30. The maximum absolute atomic E-state index is 5.83. The maximum Gasteiger partial charge on any atom is 0.144 e. The molecule has 2 nitrogen and oxygen atoms in total. The largest absolute Gasteiger partial charge is 0.383 e. The van der Waals surface area contributed by atoms with Crippen LogP contribution in [-0.2, 0) is 6.42 Å². The molecule has 0 fully saturated rings. The first-order valence-electron chi connectivity index (χ1n) is 3.36. The molecule has 0 aliphatic carbocycles. The van der Waals surface area contributed by atoms with Crippen molar-refractivity contribution in [2.45, 2.75) is 6.42 Å². The number of nitrogens with zero attached hydrogens (tertiary/aromatic N) is 1. The lowest BCUT2D eigenvalue weighted by atomic mass is 10.2. The standard InChI is InChI=1S/C7H6ClIN2/c8-7-5(9)6-4(3-11-7)1-2-10-6/h3,10H,1-2H2. The lowest BCUT2D eigenvalue weighted by Gasteiger charge is -2.02. The minimum atomic E-state index is 0.596. The summed E-state index contributed by atoms with van der Waals surface area (Å²) >= 11 is 8.05. The van der Waals surface area contributed by atoms with E-state index in [2.05, 4.69) is 32.9 Å². The molecule has 11 heavy (non-hydrogen) atoms. The summed E-state index contributed by atoms with van der Waals surface area (Å²) in [7, 11) is 0. The van der Waals surface area contributed by atoms with E-state index in [1.165, 1.54) is 11.3 Å². The molecule has 4 heteroatoms. The Morgan fingerprint density at radius 2 is 2.45 bits per heavy atom. The van der Waals surface area contributed by atoms with E-state index >= 15 is 0 Å². The van der Waals surface area contributed by atoms with Gasteiger partial charge < -0.3 is 5.32 Å². The van der Waals surface area contributed by atoms with Crippen molar-refractivity contribution in [2.24, 2.45) is 0 Å². The van der Waals surface area contributed by atoms with Crippen LogP contribution in [0.2, 0.25) is 5.15 Å². The molecule has 0 radical (unpaired) electrons. The van der Waals surface area contributed by atoms with Gasteiger partial charge in [-0.25, -0.2) is 4.98 Å². The Bertz CT molecular complexity index is 301. The van der Waals surface area contributed by atoms with E-state index in [1.807, 2.05) is 6.20 Å². The third-order valence-electron chi connectivity index (χ3n) is 1.75. The zero-order chi connectivity index (χ0) is 7.84. The van der Waals surface area contributed by atoms with Gasteiger partial charge in [0.2, 0.25) is 0 Å². The highest BCUT2D eigenvalue weighted by atomic mass is 127. The molecule has 0 amide bonds. The van der Waals surface area contributed by atoms with Crippen LogP contribution in [0.3, 0.4) is 0 Å². The first kappa shape index (κ1) is 7.61. The number of pyridine rings is 1. The second-order valence-electron chi connectivity index (χ2n) is 2.44. The second-order valence-corrected chi connectivity index (χ2v) is 3.88. The Hall–Kier alpha value is -0.0300. The van der Waals surface area contributed by atoms with Gasteiger partial charge in [-0.05, 0) is 34.6 Å². The van der Waals surface area contributed by atoms with Gasteiger partial charge in [-0.1, -0.05) is 11.6 Å². The van der Waals surface area contributed by atoms with E-state index in [-0.39, 0.29) is 0 Å². The number of hydrogen-bond donors (Lipinski definition) is 1. The number of fused-ring (bicyclic) bond motifs is 1. The van der Waals surface area contributed by atoms with E-state index < -0.39 is 0 Å². The molecule has 1 aromatic heterocycles. The highest BCUT2D eigenvalue weighted by Gasteiger charge is 2.15. The monoisotopic (exact) mass is 280 g/mol. The van der Waals surface area contributed by atoms with Gasteiger partial charge in [-0.2, -0.15) is 0 Å². The van der Waals surface area contributed by atoms with Crippen LogP contribution >= 0.6 is 34.2 Å². The average molecular weight is 280 g/mol. The van der Waals surface area contributed by atoms with Gasteiger partial charge in [-0.3, -0.25) is 0 Å². The SMILES string of the molecule is Clc1ncc2c(c1I)NCC2. The molecule has 58 valence electrons. The molecular formula is C7H6ClIN2. The van der Waals surface area contributed by atoms with Crippen LogP contribution in [-0.4, -0.2) is 11.5 Å². The zero-order valence-corrected chi connectivity index (χ0v) is 8.61. The van der Waals surface area contributed by atoms with E-state index in [0.29, 0.717) is 5.15 Å². The third kappa shape index (κ3) is 1.20. The molecule has 1 N–H and O–H groups in total. The van der Waals surface area contributed by atoms with Crippen molar-refractivity contribution in [1.29, 1.82) is 0 Å². The Morgan fingerprint density at radius 1 is 1.64 bits per heavy atom. The van der Waals surface area contributed by atoms with E-state index in [1.54, 1.807) is 0 Å². The fourth-order valence-electron chi connectivity index (χ4n) is 1.20. The predicted octanol–water partition coefficient (Wildman–Crippen LogP) is 2.31. The summed E-state index contributed by atoms with van der Waals surface area (Å²) < 4.78 is 1.04. The van der Waals surface area contributed by atoms with Crippen molar-refractivity contribution in [3.05, 3.63) is 20.5 Å². The molecule has 2 rings (SSSR count). The Kier molecular flexibility index (Phi) is 1.93. The lowest BCUT2D eigenvalue weighted by Crippen LogP contribution is -1.93. The average Bonchev–Trinajstić information content (AvgIpc) is 2.45. The molecule has 2 heterocycles. The summed E-state index contributed by atoms with van der Waals surface area (Å²) in [4.78, 5) is 4.07. The Labute approximate surface area is 83.5 Å². The number of hydrogen-bond acceptors (Lipinski definition) is 2. The van der Waals surface area contributed by atoms with Crippen LogP contribution in [0.1, 0.15) is 5.56 Å². The first-order valence-corrected chi connectivity index (χ1v) is 4.81. The van der Waals surface area contributed by atoms with Crippen molar-refractivity contribution < 1.29 is 0 Å². The van der Waals surface area contributed by atoms with E-state index in [0.717, 1.165) is 16.5 Å². The normalized spacial score (nSPS) is 14.4. The number of aromatic nitrogens is 1. The van der Waals surface area contributed by atoms with Crippen molar-refractivity contribution >= 4 is 39.9 Å². The molecule has 0 bridgehead atoms. The summed E-state index contributed by atoms with van der Waals surface area (Å²) in [6.07, 6.45) is 2.91. The van der Waals surface area contributed by atoms with Gasteiger partial charge in [-0.15, -0.1) is 0 Å². The topological polar surface area (TPSA) is 24.9 Å². The van der Waals surface area contributed by atoms with Gasteiger partial charge in [0.1, 0.15) is 5.15 Å². The number of anilines is 1. The fraction of sp³-hybridized carbons (Fsp3) is 0.286. The molecular weight excluding hydrogens is 274 g/mol. The molecule has 0 saturated heterocycles. The van der Waals surface area contributed by atoms with Crippen LogP contribution in [0.15, 0.2) is 6.20 Å². The quantitative estimate of drug-likeness (QED) is 0.583. The van der Waals surface area contributed by atoms with Gasteiger partial charge in [0.25, 0.3) is 0 Å². The van der Waals surface area contributed by atoms with Crippen molar-refractivity contribution in [1.82, 2.24) is 4.98 Å². The second kappa shape index (κ2) is 2.79. The van der Waals surface area contributed by atoms with Crippen LogP contribution < -0.4 is 5.32 Å². The molecule has 0 aromatic carbocycles. The fourth-order valence-corrected chi connectivity index (χ4v) is 2.02. The zero-order valence-electron chi connectivity index (χ0n) is 5.69. The van der Waals surface area contributed by atoms with Crippen molar-refractivity contribution in [3.63, 3.8) is 0 Å². The highest BCUT2D eigenvalue weighted by molar-refractivity contribution is 14.1. The number of halogens is 2. The van der Waals surface area contributed by atoms with Crippen LogP contribution in [0.4, 0.5) is 5.69 Å². The van der Waals surface area contributed by atoms with Gasteiger partial charge >= 0.3 is 0 Å². The molecule has 1 aromatic rings. The molecule has 0 spiro atoms. The minimum Gasteiger partial charge on any atom is -0.383 e. The van der Waals surface area contributed by atoms with Gasteiger partial charge in [0.15, 0.2) is 0 Å². The molecule has 1 aliphatic heterocycles. The van der Waals surface area contributed by atoms with Crippen molar-refractivity contribution in [2.75, 3.05) is 11.9 Å². The minimum absolute atomic E-state index is 0.596. The summed E-state index contributed by atoms with van der Waals surface area (Å²) in [6, 6.07) is 0. The van der Waals surface area contributed by atoms with Crippen LogP contribution in [0, 0.1) is 3.57 Å². The Morgan fingerprint density at radius 3 is 3.27 bits per heavy atom. The predicted molar refractivity (Wildman–Crippen MR) is 54.2 cm³/mol. The molecule has 0 atom stereocenters. The lowest BCUT2D eigenvalue weighted by molar-refractivity contribution is 1.09. The third-order valence-corrected chi connectivity index (χ3v) is 3.41. The van der Waals surface area contributed by atoms with Gasteiger partial charge in [0.05, 0.1) is 9.26 Å². The summed E-state index contributed by atoms with van der Waals surface area (Å²) in [6.45, 7) is 1.01. The number of rotatable bonds is 0. The first-order chi connectivity index (χ1) is 5.29. The molecule has 1 aliphatic rings. The summed E-state index contributed by atoms with van der Waals surface area (Å²) in [5, 5.41) is 3.87. The van der Waals surface area contributed by atoms with E-state index in [9.17, 15) is 0 Å². The summed E-state index contributed by atoms with van der Waals surface area (Å²) in [5.74, 6) is 0. The van der Waals surface area contributed by atoms with Gasteiger partial charge in [0, 0.05) is 12.7 Å². The number of nitrogens with one attached hydrogen (secondary N) is 1. The van der Waals surface area contributed by atoms with Crippen molar-refractivity contribution in [3.8, 4) is 0 Å². The van der Waals surface area contributed by atoms with Crippen LogP contribution in [0.5, 0.6) is 0 Å². The van der Waals surface area contributed by atoms with Crippen LogP contribution in [0.25, 0.3) is 0 Å². The smallest absolute Gasteiger partial charge is 0.144 e. The molecule has 0 unspecified atom stereocenters. The maximum atomic E-state index is 5.83. The summed E-state index contributed by atoms with van der Waals surface area (Å²) in [5.41, 5.74) is 2.45. The molecule has 0 saturated carbocycles. The van der Waals surface area contributed by atoms with E-state index in [4.69, 9.17) is 11.6 Å².